The molecule has 24 heavy (non-hydrogen) atoms. The molecule has 0 aromatic heterocycles. The lowest BCUT2D eigenvalue weighted by Gasteiger charge is -2.18. The number of rotatable bonds is 3. The predicted molar refractivity (Wildman–Crippen MR) is 90.4 cm³/mol. The van der Waals surface area contributed by atoms with Crippen molar-refractivity contribution in [1.29, 1.82) is 0 Å². The van der Waals surface area contributed by atoms with Crippen molar-refractivity contribution in [3.8, 4) is 17.2 Å². The normalized spacial score (nSPS) is 13.2. The molecule has 3 rings (SSSR count). The summed E-state index contributed by atoms with van der Waals surface area (Å²) in [5.74, 6) is 0.378. The number of hydrogen-bond donors (Lipinski definition) is 2. The zero-order valence-corrected chi connectivity index (χ0v) is 14.0. The fourth-order valence-corrected chi connectivity index (χ4v) is 3.04. The Bertz CT molecular complexity index is 798. The van der Waals surface area contributed by atoms with Gasteiger partial charge in [0.15, 0.2) is 0 Å². The van der Waals surface area contributed by atoms with Crippen LogP contribution in [0.3, 0.4) is 0 Å². The monoisotopic (exact) mass is 327 g/mol. The van der Waals surface area contributed by atoms with Crippen LogP contribution in [0, 0.1) is 0 Å². The first kappa shape index (κ1) is 16.2. The first-order valence-electron chi connectivity index (χ1n) is 7.91. The number of amides is 1. The minimum atomic E-state index is -0.246. The third-order valence-corrected chi connectivity index (χ3v) is 4.42. The van der Waals surface area contributed by atoms with Crippen LogP contribution < -0.4 is 4.74 Å². The largest absolute Gasteiger partial charge is 0.508 e. The van der Waals surface area contributed by atoms with Crippen LogP contribution in [0.1, 0.15) is 46.8 Å². The molecule has 5 heteroatoms. The van der Waals surface area contributed by atoms with Gasteiger partial charge in [-0.3, -0.25) is 4.79 Å². The molecule has 1 amide bonds. The highest BCUT2D eigenvalue weighted by molar-refractivity contribution is 5.97. The van der Waals surface area contributed by atoms with E-state index in [0.29, 0.717) is 18.7 Å². The second kappa shape index (κ2) is 6.07. The molecule has 0 fully saturated rings. The molecule has 0 spiro atoms. The van der Waals surface area contributed by atoms with Gasteiger partial charge in [-0.05, 0) is 40.8 Å². The fourth-order valence-electron chi connectivity index (χ4n) is 3.04. The van der Waals surface area contributed by atoms with Gasteiger partial charge in [-0.25, -0.2) is 0 Å². The van der Waals surface area contributed by atoms with Crippen LogP contribution in [-0.2, 0) is 13.1 Å². The van der Waals surface area contributed by atoms with Crippen molar-refractivity contribution in [2.75, 3.05) is 7.11 Å². The SMILES string of the molecule is COc1ccc2c(c1)CN(C(=O)c1cc(C(C)C)c(O)cc1O)C2. The fraction of sp³-hybridized carbons (Fsp3) is 0.316. The zero-order chi connectivity index (χ0) is 17.4. The second-order valence-corrected chi connectivity index (χ2v) is 6.38. The highest BCUT2D eigenvalue weighted by Gasteiger charge is 2.27. The molecule has 0 bridgehead atoms. The van der Waals surface area contributed by atoms with E-state index in [2.05, 4.69) is 0 Å². The van der Waals surface area contributed by atoms with Crippen LogP contribution in [0.25, 0.3) is 0 Å². The average Bonchev–Trinajstić information content (AvgIpc) is 2.96. The summed E-state index contributed by atoms with van der Waals surface area (Å²) in [6, 6.07) is 8.59. The molecule has 0 saturated heterocycles. The summed E-state index contributed by atoms with van der Waals surface area (Å²) in [4.78, 5) is 14.5. The number of methoxy groups -OCH3 is 1. The lowest BCUT2D eigenvalue weighted by atomic mass is 9.98. The van der Waals surface area contributed by atoms with Crippen LogP contribution in [0.2, 0.25) is 0 Å². The van der Waals surface area contributed by atoms with Crippen LogP contribution >= 0.6 is 0 Å². The van der Waals surface area contributed by atoms with Gasteiger partial charge in [-0.2, -0.15) is 0 Å². The molecule has 0 unspecified atom stereocenters. The summed E-state index contributed by atoms with van der Waals surface area (Å²) >= 11 is 0. The molecule has 0 radical (unpaired) electrons. The van der Waals surface area contributed by atoms with Crippen LogP contribution in [0.4, 0.5) is 0 Å². The van der Waals surface area contributed by atoms with Crippen molar-refractivity contribution in [2.45, 2.75) is 32.9 Å². The zero-order valence-electron chi connectivity index (χ0n) is 14.0. The number of fused-ring (bicyclic) bond motifs is 1. The molecule has 5 nitrogen and oxygen atoms in total. The Morgan fingerprint density at radius 1 is 1.08 bits per heavy atom. The Balaban J connectivity index is 1.90. The van der Waals surface area contributed by atoms with E-state index >= 15 is 0 Å². The maximum atomic E-state index is 12.8. The second-order valence-electron chi connectivity index (χ2n) is 6.38. The summed E-state index contributed by atoms with van der Waals surface area (Å²) in [7, 11) is 1.61. The van der Waals surface area contributed by atoms with Gasteiger partial charge in [0, 0.05) is 19.2 Å². The van der Waals surface area contributed by atoms with Crippen LogP contribution in [0.15, 0.2) is 30.3 Å². The van der Waals surface area contributed by atoms with Gasteiger partial charge in [-0.1, -0.05) is 19.9 Å². The van der Waals surface area contributed by atoms with Gasteiger partial charge in [-0.15, -0.1) is 0 Å². The van der Waals surface area contributed by atoms with Gasteiger partial charge in [0.05, 0.1) is 12.7 Å². The Morgan fingerprint density at radius 3 is 2.46 bits per heavy atom. The quantitative estimate of drug-likeness (QED) is 0.906. The van der Waals surface area contributed by atoms with Crippen LogP contribution in [-0.4, -0.2) is 28.1 Å². The standard InChI is InChI=1S/C19H21NO4/c1-11(2)15-7-16(18(22)8-17(15)21)19(23)20-9-12-4-5-14(24-3)6-13(12)10-20/h4-8,11,21-22H,9-10H2,1-3H3. The van der Waals surface area contributed by atoms with E-state index in [1.165, 1.54) is 6.07 Å². The number of nitrogens with zero attached hydrogens (tertiary/aromatic N) is 1. The summed E-state index contributed by atoms with van der Waals surface area (Å²) < 4.78 is 5.22. The maximum absolute atomic E-state index is 12.8. The number of benzene rings is 2. The van der Waals surface area contributed by atoms with Gasteiger partial charge in [0.25, 0.3) is 5.91 Å². The third kappa shape index (κ3) is 2.77. The molecule has 1 heterocycles. The number of phenols is 2. The predicted octanol–water partition coefficient (Wildman–Crippen LogP) is 3.39. The van der Waals surface area contributed by atoms with Crippen molar-refractivity contribution in [2.24, 2.45) is 0 Å². The molecule has 1 aliphatic heterocycles. The molecule has 0 saturated carbocycles. The molecule has 2 N–H and O–H groups in total. The maximum Gasteiger partial charge on any atom is 0.258 e. The Morgan fingerprint density at radius 2 is 1.79 bits per heavy atom. The van der Waals surface area contributed by atoms with Crippen molar-refractivity contribution >= 4 is 5.91 Å². The van der Waals surface area contributed by atoms with Crippen molar-refractivity contribution in [3.63, 3.8) is 0 Å². The van der Waals surface area contributed by atoms with Crippen molar-refractivity contribution < 1.29 is 19.7 Å². The van der Waals surface area contributed by atoms with E-state index < -0.39 is 0 Å². The molecule has 1 aliphatic rings. The summed E-state index contributed by atoms with van der Waals surface area (Å²) in [6.07, 6.45) is 0. The average molecular weight is 327 g/mol. The minimum absolute atomic E-state index is 0.00787. The third-order valence-electron chi connectivity index (χ3n) is 4.42. The number of carbonyl (C=O) groups excluding carboxylic acids is 1. The lowest BCUT2D eigenvalue weighted by Crippen LogP contribution is -2.25. The Labute approximate surface area is 141 Å². The molecule has 126 valence electrons. The van der Waals surface area contributed by atoms with E-state index in [9.17, 15) is 15.0 Å². The Hall–Kier alpha value is -2.69. The first-order chi connectivity index (χ1) is 11.4. The molecule has 2 aromatic rings. The molecular formula is C19H21NO4. The van der Waals surface area contributed by atoms with Gasteiger partial charge >= 0.3 is 0 Å². The van der Waals surface area contributed by atoms with Gasteiger partial charge < -0.3 is 19.8 Å². The number of phenolic OH excluding ortho intramolecular Hbond substituents is 2. The highest BCUT2D eigenvalue weighted by Crippen LogP contribution is 2.34. The lowest BCUT2D eigenvalue weighted by molar-refractivity contribution is 0.0748. The number of carbonyl (C=O) groups is 1. The van der Waals surface area contributed by atoms with E-state index in [1.54, 1.807) is 18.1 Å². The first-order valence-corrected chi connectivity index (χ1v) is 7.91. The van der Waals surface area contributed by atoms with Crippen molar-refractivity contribution in [3.05, 3.63) is 52.6 Å². The van der Waals surface area contributed by atoms with E-state index in [-0.39, 0.29) is 28.9 Å². The Kier molecular flexibility index (Phi) is 4.09. The molecule has 0 atom stereocenters. The minimum Gasteiger partial charge on any atom is -0.508 e. The molecule has 0 aliphatic carbocycles. The summed E-state index contributed by atoms with van der Waals surface area (Å²) in [5, 5.41) is 20.0. The topological polar surface area (TPSA) is 70.0 Å². The van der Waals surface area contributed by atoms with E-state index in [1.807, 2.05) is 32.0 Å². The smallest absolute Gasteiger partial charge is 0.258 e. The number of aromatic hydroxyl groups is 2. The van der Waals surface area contributed by atoms with Gasteiger partial charge in [0.1, 0.15) is 17.2 Å². The highest BCUT2D eigenvalue weighted by atomic mass is 16.5. The van der Waals surface area contributed by atoms with Gasteiger partial charge in [0.2, 0.25) is 0 Å². The summed E-state index contributed by atoms with van der Waals surface area (Å²) in [5.41, 5.74) is 2.99. The summed E-state index contributed by atoms with van der Waals surface area (Å²) in [6.45, 7) is 4.83. The van der Waals surface area contributed by atoms with Crippen molar-refractivity contribution in [1.82, 2.24) is 4.90 Å². The number of hydrogen-bond acceptors (Lipinski definition) is 4. The number of ether oxygens (including phenoxy) is 1. The molecular weight excluding hydrogens is 306 g/mol. The van der Waals surface area contributed by atoms with Crippen LogP contribution in [0.5, 0.6) is 17.2 Å². The molecule has 2 aromatic carbocycles. The van der Waals surface area contributed by atoms with E-state index in [4.69, 9.17) is 4.74 Å². The van der Waals surface area contributed by atoms with E-state index in [0.717, 1.165) is 16.9 Å².